The van der Waals surface area contributed by atoms with E-state index < -0.39 is 14.4 Å². The van der Waals surface area contributed by atoms with Crippen LogP contribution in [0, 0.1) is 5.92 Å². The van der Waals surface area contributed by atoms with Gasteiger partial charge in [0, 0.05) is 17.5 Å². The molecule has 0 aromatic heterocycles. The van der Waals surface area contributed by atoms with Gasteiger partial charge in [0.2, 0.25) is 0 Å². The average molecular weight is 525 g/mol. The molecule has 0 saturated carbocycles. The smallest absolute Gasteiger partial charge is 0.332 e. The van der Waals surface area contributed by atoms with Crippen LogP contribution < -0.4 is 4.90 Å². The SMILES string of the molecule is CC1=C[C@H](c2ccccc2)N2C(=O)N(c3ccc(Cl)cc3)C(=O)[C@@H]2[C@@H]1CCCO[Si](C)(C)C(C)(C)C. The van der Waals surface area contributed by atoms with Gasteiger partial charge in [-0.05, 0) is 67.7 Å². The van der Waals surface area contributed by atoms with E-state index in [1.54, 1.807) is 29.2 Å². The fraction of sp³-hybridized carbons (Fsp3) is 0.448. The highest BCUT2D eigenvalue weighted by molar-refractivity contribution is 6.74. The van der Waals surface area contributed by atoms with Crippen LogP contribution in [0.1, 0.15) is 52.1 Å². The van der Waals surface area contributed by atoms with Gasteiger partial charge in [0.15, 0.2) is 8.32 Å². The number of anilines is 1. The second-order valence-electron chi connectivity index (χ2n) is 11.4. The van der Waals surface area contributed by atoms with Crippen molar-refractivity contribution in [2.75, 3.05) is 11.5 Å². The molecule has 1 fully saturated rings. The van der Waals surface area contributed by atoms with Gasteiger partial charge in [0.25, 0.3) is 5.91 Å². The summed E-state index contributed by atoms with van der Waals surface area (Å²) in [5.74, 6) is -0.229. The Hall–Kier alpha value is -2.41. The molecule has 7 heteroatoms. The molecule has 0 aliphatic carbocycles. The van der Waals surface area contributed by atoms with Crippen molar-refractivity contribution >= 4 is 37.5 Å². The summed E-state index contributed by atoms with van der Waals surface area (Å²) in [4.78, 5) is 30.8. The zero-order chi connectivity index (χ0) is 26.3. The van der Waals surface area contributed by atoms with Crippen LogP contribution in [0.5, 0.6) is 0 Å². The first kappa shape index (κ1) is 26.6. The number of nitrogens with zero attached hydrogens (tertiary/aromatic N) is 2. The maximum Gasteiger partial charge on any atom is 0.332 e. The average Bonchev–Trinajstić information content (AvgIpc) is 3.08. The van der Waals surface area contributed by atoms with Crippen molar-refractivity contribution in [2.45, 2.75) is 70.8 Å². The molecule has 0 spiro atoms. The molecule has 2 aromatic carbocycles. The number of urea groups is 1. The van der Waals surface area contributed by atoms with E-state index in [-0.39, 0.29) is 28.9 Å². The zero-order valence-electron chi connectivity index (χ0n) is 22.1. The van der Waals surface area contributed by atoms with Crippen LogP contribution in [0.4, 0.5) is 10.5 Å². The van der Waals surface area contributed by atoms with Gasteiger partial charge in [-0.25, -0.2) is 9.69 Å². The number of rotatable bonds is 7. The summed E-state index contributed by atoms with van der Waals surface area (Å²) in [6.45, 7) is 14.0. The molecule has 0 radical (unpaired) electrons. The summed E-state index contributed by atoms with van der Waals surface area (Å²) in [5.41, 5.74) is 2.70. The van der Waals surface area contributed by atoms with Crippen LogP contribution in [-0.4, -0.2) is 37.8 Å². The van der Waals surface area contributed by atoms with E-state index in [1.165, 1.54) is 4.90 Å². The summed E-state index contributed by atoms with van der Waals surface area (Å²) in [6.07, 6.45) is 3.78. The number of fused-ring (bicyclic) bond motifs is 1. The van der Waals surface area contributed by atoms with Gasteiger partial charge in [-0.2, -0.15) is 0 Å². The Morgan fingerprint density at radius 2 is 1.64 bits per heavy atom. The molecule has 2 aliphatic heterocycles. The number of halogens is 1. The highest BCUT2D eigenvalue weighted by Gasteiger charge is 2.54. The predicted octanol–water partition coefficient (Wildman–Crippen LogP) is 7.60. The summed E-state index contributed by atoms with van der Waals surface area (Å²) >= 11 is 6.07. The van der Waals surface area contributed by atoms with E-state index in [0.29, 0.717) is 17.3 Å². The predicted molar refractivity (Wildman–Crippen MR) is 149 cm³/mol. The largest absolute Gasteiger partial charge is 0.417 e. The molecule has 2 heterocycles. The van der Waals surface area contributed by atoms with E-state index in [1.807, 2.05) is 30.3 Å². The Balaban J connectivity index is 1.62. The Labute approximate surface area is 221 Å². The molecule has 4 rings (SSSR count). The molecule has 36 heavy (non-hydrogen) atoms. The lowest BCUT2D eigenvalue weighted by molar-refractivity contribution is -0.121. The lowest BCUT2D eigenvalue weighted by atomic mass is 9.81. The monoisotopic (exact) mass is 524 g/mol. The molecule has 0 bridgehead atoms. The summed E-state index contributed by atoms with van der Waals surface area (Å²) in [6, 6.07) is 15.7. The van der Waals surface area contributed by atoms with Gasteiger partial charge < -0.3 is 9.33 Å². The minimum Gasteiger partial charge on any atom is -0.417 e. The van der Waals surface area contributed by atoms with E-state index in [9.17, 15) is 9.59 Å². The van der Waals surface area contributed by atoms with E-state index in [4.69, 9.17) is 16.0 Å². The van der Waals surface area contributed by atoms with E-state index >= 15 is 0 Å². The minimum absolute atomic E-state index is 0.0540. The fourth-order valence-electron chi connectivity index (χ4n) is 4.91. The minimum atomic E-state index is -1.84. The quantitative estimate of drug-likeness (QED) is 0.162. The number of hydrogen-bond acceptors (Lipinski definition) is 3. The van der Waals surface area contributed by atoms with Gasteiger partial charge in [-0.3, -0.25) is 4.79 Å². The normalized spacial score (nSPS) is 22.6. The number of carbonyl (C=O) groups excluding carboxylic acids is 2. The van der Waals surface area contributed by atoms with Crippen molar-refractivity contribution in [1.82, 2.24) is 4.90 Å². The molecule has 5 nitrogen and oxygen atoms in total. The molecule has 2 aromatic rings. The van der Waals surface area contributed by atoms with E-state index in [0.717, 1.165) is 24.0 Å². The first-order chi connectivity index (χ1) is 16.9. The van der Waals surface area contributed by atoms with Crippen LogP contribution in [0.25, 0.3) is 0 Å². The highest BCUT2D eigenvalue weighted by Crippen LogP contribution is 2.44. The van der Waals surface area contributed by atoms with Crippen molar-refractivity contribution in [3.8, 4) is 0 Å². The van der Waals surface area contributed by atoms with Crippen LogP contribution in [0.3, 0.4) is 0 Å². The van der Waals surface area contributed by atoms with Gasteiger partial charge in [0.1, 0.15) is 6.04 Å². The topological polar surface area (TPSA) is 49.9 Å². The van der Waals surface area contributed by atoms with Gasteiger partial charge in [-0.15, -0.1) is 0 Å². The summed E-state index contributed by atoms with van der Waals surface area (Å²) in [7, 11) is -1.84. The maximum atomic E-state index is 13.9. The molecule has 1 saturated heterocycles. The van der Waals surface area contributed by atoms with Crippen molar-refractivity contribution < 1.29 is 14.0 Å². The standard InChI is InChI=1S/C29H37ClN2O3Si/c1-20-19-25(21-11-8-7-9-12-21)32-26(24(20)13-10-18-35-36(5,6)29(2,3)4)27(33)31(28(32)34)23-16-14-22(30)15-17-23/h7-9,11-12,14-17,19,24-26H,10,13,18H2,1-6H3/t24-,25-,26+/m1/s1. The third-order valence-electron chi connectivity index (χ3n) is 8.03. The first-order valence-electron chi connectivity index (χ1n) is 12.7. The molecule has 2 aliphatic rings. The second-order valence-corrected chi connectivity index (χ2v) is 16.7. The molecular formula is C29H37ClN2O3Si. The van der Waals surface area contributed by atoms with Gasteiger partial charge >= 0.3 is 6.03 Å². The molecule has 0 unspecified atom stereocenters. The molecule has 192 valence electrons. The Bertz CT molecular complexity index is 1140. The highest BCUT2D eigenvalue weighted by atomic mass is 35.5. The molecule has 3 atom stereocenters. The fourth-order valence-corrected chi connectivity index (χ4v) is 6.12. The number of benzene rings is 2. The van der Waals surface area contributed by atoms with Crippen molar-refractivity contribution in [2.24, 2.45) is 5.92 Å². The third kappa shape index (κ3) is 5.04. The third-order valence-corrected chi connectivity index (χ3v) is 12.8. The zero-order valence-corrected chi connectivity index (χ0v) is 23.9. The number of hydrogen-bond donors (Lipinski definition) is 0. The van der Waals surface area contributed by atoms with Crippen LogP contribution in [-0.2, 0) is 9.22 Å². The van der Waals surface area contributed by atoms with Crippen LogP contribution in [0.15, 0.2) is 66.2 Å². The molecule has 3 amide bonds. The lowest BCUT2D eigenvalue weighted by Crippen LogP contribution is -2.46. The summed E-state index contributed by atoms with van der Waals surface area (Å²) < 4.78 is 6.40. The first-order valence-corrected chi connectivity index (χ1v) is 16.0. The second kappa shape index (κ2) is 10.2. The number of imide groups is 1. The number of amides is 3. The lowest BCUT2D eigenvalue weighted by Gasteiger charge is -2.40. The van der Waals surface area contributed by atoms with Crippen LogP contribution >= 0.6 is 11.6 Å². The van der Waals surface area contributed by atoms with Crippen molar-refractivity contribution in [3.05, 3.63) is 76.8 Å². The molecular weight excluding hydrogens is 488 g/mol. The van der Waals surface area contributed by atoms with Crippen LogP contribution in [0.2, 0.25) is 23.2 Å². The van der Waals surface area contributed by atoms with E-state index in [2.05, 4.69) is 46.9 Å². The van der Waals surface area contributed by atoms with Crippen molar-refractivity contribution in [3.63, 3.8) is 0 Å². The maximum absolute atomic E-state index is 13.9. The molecule has 0 N–H and O–H groups in total. The summed E-state index contributed by atoms with van der Waals surface area (Å²) in [5, 5.41) is 0.718. The Morgan fingerprint density at radius 1 is 1.00 bits per heavy atom. The van der Waals surface area contributed by atoms with Crippen molar-refractivity contribution in [1.29, 1.82) is 0 Å². The van der Waals surface area contributed by atoms with Gasteiger partial charge in [-0.1, -0.05) is 74.4 Å². The Kier molecular flexibility index (Phi) is 7.51. The van der Waals surface area contributed by atoms with Gasteiger partial charge in [0.05, 0.1) is 11.7 Å². The number of carbonyl (C=O) groups is 2. The Morgan fingerprint density at radius 3 is 2.25 bits per heavy atom.